The minimum atomic E-state index is -3.21. The van der Waals surface area contributed by atoms with Gasteiger partial charge in [0.15, 0.2) is 24.5 Å². The highest BCUT2D eigenvalue weighted by atomic mass is 32.2. The first-order chi connectivity index (χ1) is 13.2. The Bertz CT molecular complexity index is 936. The van der Waals surface area contributed by atoms with Crippen molar-refractivity contribution in [1.29, 1.82) is 0 Å². The molecule has 0 amide bonds. The fraction of sp³-hybridized carbons (Fsp3) is 0.217. The largest absolute Gasteiger partial charge is 0.223 e. The van der Waals surface area contributed by atoms with Crippen molar-refractivity contribution in [2.24, 2.45) is 0 Å². The lowest BCUT2D eigenvalue weighted by Crippen LogP contribution is -2.17. The summed E-state index contributed by atoms with van der Waals surface area (Å²) in [6.07, 6.45) is 3.63. The first-order valence-corrected chi connectivity index (χ1v) is 12.1. The van der Waals surface area contributed by atoms with Crippen LogP contribution in [0.15, 0.2) is 105 Å². The van der Waals surface area contributed by atoms with Crippen molar-refractivity contribution in [2.75, 3.05) is 0 Å². The standard InChI is InChI=1S/C23H23O2S2/c24-27(25,22-13-7-8-14-22)23-17-15-21(16-18-23)26(19-9-3-1-4-10-19)20-11-5-2-6-12-20/h1-6,9-12,15-18,22H,7-8,13-14H2/q+1. The molecule has 0 unspecified atom stereocenters. The fourth-order valence-electron chi connectivity index (χ4n) is 3.68. The van der Waals surface area contributed by atoms with E-state index in [1.165, 1.54) is 9.79 Å². The van der Waals surface area contributed by atoms with Gasteiger partial charge in [-0.2, -0.15) is 0 Å². The summed E-state index contributed by atoms with van der Waals surface area (Å²) in [7, 11) is -3.45. The monoisotopic (exact) mass is 395 g/mol. The third-order valence-electron chi connectivity index (χ3n) is 5.09. The second-order valence-corrected chi connectivity index (χ2v) is 11.1. The number of hydrogen-bond acceptors (Lipinski definition) is 2. The van der Waals surface area contributed by atoms with E-state index in [2.05, 4.69) is 48.5 Å². The lowest BCUT2D eigenvalue weighted by Gasteiger charge is -2.12. The molecule has 0 spiro atoms. The Morgan fingerprint density at radius 2 is 1.07 bits per heavy atom. The zero-order valence-corrected chi connectivity index (χ0v) is 16.8. The molecular formula is C23H23O2S2+. The quantitative estimate of drug-likeness (QED) is 0.535. The predicted molar refractivity (Wildman–Crippen MR) is 111 cm³/mol. The van der Waals surface area contributed by atoms with Crippen molar-refractivity contribution in [3.63, 3.8) is 0 Å². The molecule has 0 saturated heterocycles. The Balaban J connectivity index is 1.71. The molecule has 1 aliphatic carbocycles. The molecule has 3 aromatic rings. The van der Waals surface area contributed by atoms with E-state index in [-0.39, 0.29) is 16.1 Å². The molecule has 0 aromatic heterocycles. The van der Waals surface area contributed by atoms with Crippen LogP contribution in [0.25, 0.3) is 0 Å². The molecule has 0 atom stereocenters. The van der Waals surface area contributed by atoms with Gasteiger partial charge < -0.3 is 0 Å². The molecule has 0 N–H and O–H groups in total. The topological polar surface area (TPSA) is 34.1 Å². The predicted octanol–water partition coefficient (Wildman–Crippen LogP) is 5.50. The second kappa shape index (κ2) is 7.91. The zero-order chi connectivity index (χ0) is 18.7. The molecule has 1 aliphatic rings. The van der Waals surface area contributed by atoms with E-state index in [9.17, 15) is 8.42 Å². The average Bonchev–Trinajstić information content (AvgIpc) is 3.26. The van der Waals surface area contributed by atoms with E-state index in [0.29, 0.717) is 4.90 Å². The maximum Gasteiger partial charge on any atom is 0.181 e. The molecule has 0 aliphatic heterocycles. The molecular weight excluding hydrogens is 372 g/mol. The first-order valence-electron chi connectivity index (χ1n) is 9.34. The Kier molecular flexibility index (Phi) is 5.37. The molecule has 138 valence electrons. The number of sulfone groups is 1. The number of hydrogen-bond donors (Lipinski definition) is 0. The van der Waals surface area contributed by atoms with Gasteiger partial charge in [0.2, 0.25) is 0 Å². The highest BCUT2D eigenvalue weighted by molar-refractivity contribution is 7.97. The van der Waals surface area contributed by atoms with Gasteiger partial charge in [-0.1, -0.05) is 49.2 Å². The summed E-state index contributed by atoms with van der Waals surface area (Å²) in [4.78, 5) is 4.06. The van der Waals surface area contributed by atoms with E-state index in [0.717, 1.165) is 30.6 Å². The van der Waals surface area contributed by atoms with Gasteiger partial charge in [0.1, 0.15) is 0 Å². The maximum atomic E-state index is 12.9. The second-order valence-electron chi connectivity index (χ2n) is 6.86. The smallest absolute Gasteiger partial charge is 0.181 e. The van der Waals surface area contributed by atoms with Gasteiger partial charge in [0.25, 0.3) is 0 Å². The Labute approximate surface area is 164 Å². The molecule has 0 heterocycles. The molecule has 0 bridgehead atoms. The van der Waals surface area contributed by atoms with Crippen molar-refractivity contribution < 1.29 is 8.42 Å². The highest BCUT2D eigenvalue weighted by Gasteiger charge is 2.32. The summed E-state index contributed by atoms with van der Waals surface area (Å²) in [5.74, 6) is 0. The van der Waals surface area contributed by atoms with Crippen molar-refractivity contribution in [3.05, 3.63) is 84.9 Å². The lowest BCUT2D eigenvalue weighted by atomic mass is 10.3. The van der Waals surface area contributed by atoms with Crippen LogP contribution in [0.3, 0.4) is 0 Å². The van der Waals surface area contributed by atoms with E-state index in [1.54, 1.807) is 12.1 Å². The molecule has 27 heavy (non-hydrogen) atoms. The van der Waals surface area contributed by atoms with Gasteiger partial charge in [-0.05, 0) is 61.4 Å². The minimum Gasteiger partial charge on any atom is -0.223 e. The van der Waals surface area contributed by atoms with Gasteiger partial charge in [-0.3, -0.25) is 0 Å². The number of benzene rings is 3. The van der Waals surface area contributed by atoms with E-state index >= 15 is 0 Å². The summed E-state index contributed by atoms with van der Waals surface area (Å²) in [6.45, 7) is 0. The van der Waals surface area contributed by atoms with Gasteiger partial charge in [-0.15, -0.1) is 0 Å². The van der Waals surface area contributed by atoms with Crippen LogP contribution >= 0.6 is 0 Å². The summed E-state index contributed by atoms with van der Waals surface area (Å²) in [5, 5.41) is -0.204. The van der Waals surface area contributed by atoms with Crippen LogP contribution in [-0.4, -0.2) is 13.7 Å². The first kappa shape index (κ1) is 18.3. The Morgan fingerprint density at radius 3 is 1.56 bits per heavy atom. The highest BCUT2D eigenvalue weighted by Crippen LogP contribution is 2.33. The minimum absolute atomic E-state index is 0.204. The van der Waals surface area contributed by atoms with Gasteiger partial charge in [0, 0.05) is 0 Å². The molecule has 0 radical (unpaired) electrons. The molecule has 3 aromatic carbocycles. The van der Waals surface area contributed by atoms with E-state index in [4.69, 9.17) is 0 Å². The van der Waals surface area contributed by atoms with Crippen LogP contribution in [0, 0.1) is 0 Å². The molecule has 1 fully saturated rings. The molecule has 1 saturated carbocycles. The molecule has 4 rings (SSSR count). The summed E-state index contributed by atoms with van der Waals surface area (Å²) >= 11 is 0. The third-order valence-corrected chi connectivity index (χ3v) is 9.60. The fourth-order valence-corrected chi connectivity index (χ4v) is 7.62. The lowest BCUT2D eigenvalue weighted by molar-refractivity contribution is 0.579. The van der Waals surface area contributed by atoms with Crippen LogP contribution in [0.2, 0.25) is 0 Å². The molecule has 2 nitrogen and oxygen atoms in total. The van der Waals surface area contributed by atoms with Gasteiger partial charge in [-0.25, -0.2) is 8.42 Å². The van der Waals surface area contributed by atoms with E-state index in [1.807, 2.05) is 24.3 Å². The van der Waals surface area contributed by atoms with Gasteiger partial charge in [0.05, 0.1) is 21.0 Å². The summed E-state index contributed by atoms with van der Waals surface area (Å²) < 4.78 is 25.7. The van der Waals surface area contributed by atoms with Crippen LogP contribution in [-0.2, 0) is 20.7 Å². The average molecular weight is 396 g/mol. The van der Waals surface area contributed by atoms with Gasteiger partial charge >= 0.3 is 0 Å². The van der Waals surface area contributed by atoms with Crippen LogP contribution in [0.4, 0.5) is 0 Å². The Hall–Kier alpha value is -2.04. The van der Waals surface area contributed by atoms with Crippen molar-refractivity contribution in [1.82, 2.24) is 0 Å². The summed E-state index contributed by atoms with van der Waals surface area (Å²) in [5.41, 5.74) is 0. The van der Waals surface area contributed by atoms with Crippen molar-refractivity contribution in [2.45, 2.75) is 50.5 Å². The van der Waals surface area contributed by atoms with Crippen molar-refractivity contribution >= 4 is 20.7 Å². The summed E-state index contributed by atoms with van der Waals surface area (Å²) in [6, 6.07) is 28.4. The Morgan fingerprint density at radius 1 is 0.630 bits per heavy atom. The zero-order valence-electron chi connectivity index (χ0n) is 15.1. The van der Waals surface area contributed by atoms with E-state index < -0.39 is 9.84 Å². The van der Waals surface area contributed by atoms with Crippen LogP contribution in [0.5, 0.6) is 0 Å². The van der Waals surface area contributed by atoms with Crippen molar-refractivity contribution in [3.8, 4) is 0 Å². The normalized spacial score (nSPS) is 15.3. The molecule has 4 heteroatoms. The van der Waals surface area contributed by atoms with Crippen LogP contribution in [0.1, 0.15) is 25.7 Å². The maximum absolute atomic E-state index is 12.9. The third kappa shape index (κ3) is 3.83. The van der Waals surface area contributed by atoms with Crippen LogP contribution < -0.4 is 0 Å². The number of rotatable bonds is 5. The SMILES string of the molecule is O=S(=O)(c1ccc([S+](c2ccccc2)c2ccccc2)cc1)C1CCCC1.